The third kappa shape index (κ3) is 10.3. The predicted molar refractivity (Wildman–Crippen MR) is 131 cm³/mol. The zero-order chi connectivity index (χ0) is 29.3. The lowest BCUT2D eigenvalue weighted by Crippen LogP contribution is -2.49. The van der Waals surface area contributed by atoms with Crippen LogP contribution in [0.3, 0.4) is 0 Å². The monoisotopic (exact) mass is 563 g/mol. The number of benzene rings is 2. The zero-order valence-corrected chi connectivity index (χ0v) is 21.7. The maximum Gasteiger partial charge on any atom is 0.490 e. The molecular weight excluding hydrogens is 532 g/mol. The van der Waals surface area contributed by atoms with Crippen molar-refractivity contribution in [1.29, 1.82) is 0 Å². The third-order valence-electron chi connectivity index (χ3n) is 5.79. The molecule has 1 heterocycles. The van der Waals surface area contributed by atoms with Crippen LogP contribution in [0.25, 0.3) is 0 Å². The summed E-state index contributed by atoms with van der Waals surface area (Å²) < 4.78 is 79.0. The second-order valence-corrected chi connectivity index (χ2v) is 9.29. The lowest BCUT2D eigenvalue weighted by Gasteiger charge is -2.37. The van der Waals surface area contributed by atoms with Gasteiger partial charge in [-0.1, -0.05) is 12.1 Å². The second kappa shape index (κ2) is 14.1. The molecule has 39 heavy (non-hydrogen) atoms. The van der Waals surface area contributed by atoms with Crippen molar-refractivity contribution >= 4 is 12.0 Å². The third-order valence-corrected chi connectivity index (χ3v) is 5.79. The molecule has 7 nitrogen and oxygen atoms in total. The molecule has 1 aliphatic rings. The van der Waals surface area contributed by atoms with Gasteiger partial charge >= 0.3 is 18.2 Å². The first kappa shape index (κ1) is 31.7. The van der Waals surface area contributed by atoms with E-state index in [4.69, 9.17) is 14.6 Å². The number of carboxylic acids is 1. The summed E-state index contributed by atoms with van der Waals surface area (Å²) in [6.45, 7) is 5.42. The number of carbonyl (C=O) groups is 2. The number of likely N-dealkylation sites (tertiary alicyclic amines) is 1. The van der Waals surface area contributed by atoms with Gasteiger partial charge in [-0.15, -0.1) is 0 Å². The largest absolute Gasteiger partial charge is 0.490 e. The van der Waals surface area contributed by atoms with Crippen molar-refractivity contribution < 1.29 is 45.8 Å². The molecule has 2 aromatic rings. The number of ether oxygens (including phenoxy) is 1. The molecule has 0 saturated carbocycles. The predicted octanol–water partition coefficient (Wildman–Crippen LogP) is 5.33. The van der Waals surface area contributed by atoms with E-state index in [-0.39, 0.29) is 42.6 Å². The Morgan fingerprint density at radius 2 is 1.69 bits per heavy atom. The van der Waals surface area contributed by atoms with Crippen LogP contribution in [0, 0.1) is 17.5 Å². The van der Waals surface area contributed by atoms with E-state index in [1.54, 1.807) is 17.0 Å². The van der Waals surface area contributed by atoms with Crippen LogP contribution in [0.4, 0.5) is 31.1 Å². The number of alkyl halides is 3. The average molecular weight is 564 g/mol. The molecule has 1 saturated heterocycles. The number of urea groups is 1. The number of carbonyl (C=O) groups excluding carboxylic acids is 1. The van der Waals surface area contributed by atoms with E-state index in [1.807, 2.05) is 20.9 Å². The molecular formula is C26H31F6N3O4. The number of halogens is 6. The minimum atomic E-state index is -5.08. The Kier molecular flexibility index (Phi) is 11.4. The summed E-state index contributed by atoms with van der Waals surface area (Å²) in [6.07, 6.45) is -3.73. The number of amides is 2. The Balaban J connectivity index is 0.000000673. The Labute approximate surface area is 222 Å². The van der Waals surface area contributed by atoms with Crippen LogP contribution in [0.2, 0.25) is 0 Å². The van der Waals surface area contributed by atoms with E-state index in [9.17, 15) is 31.1 Å². The van der Waals surface area contributed by atoms with E-state index in [2.05, 4.69) is 10.2 Å². The summed E-state index contributed by atoms with van der Waals surface area (Å²) in [7, 11) is 2.02. The summed E-state index contributed by atoms with van der Waals surface area (Å²) in [5, 5.41) is 9.94. The SMILES string of the molecule is CC(C)Oc1ccc(CNC(=O)N(Cc2ccc(F)cc2F)C2CCN(C)CC2)cc1F.O=C(O)C(F)(F)F. The summed E-state index contributed by atoms with van der Waals surface area (Å²) in [5.74, 6) is -4.43. The smallest absolute Gasteiger partial charge is 0.488 e. The highest BCUT2D eigenvalue weighted by Crippen LogP contribution is 2.22. The average Bonchev–Trinajstić information content (AvgIpc) is 2.84. The zero-order valence-electron chi connectivity index (χ0n) is 21.7. The van der Waals surface area contributed by atoms with Crippen LogP contribution in [0.15, 0.2) is 36.4 Å². The minimum Gasteiger partial charge on any atom is -0.488 e. The van der Waals surface area contributed by atoms with Gasteiger partial charge in [0, 0.05) is 24.2 Å². The molecule has 0 spiro atoms. The molecule has 0 atom stereocenters. The van der Waals surface area contributed by atoms with Crippen LogP contribution < -0.4 is 10.1 Å². The first-order chi connectivity index (χ1) is 18.2. The molecule has 3 rings (SSSR count). The molecule has 13 heteroatoms. The lowest BCUT2D eigenvalue weighted by molar-refractivity contribution is -0.192. The van der Waals surface area contributed by atoms with Crippen LogP contribution in [0.1, 0.15) is 37.8 Å². The maximum absolute atomic E-state index is 14.3. The molecule has 0 radical (unpaired) electrons. The molecule has 2 N–H and O–H groups in total. The topological polar surface area (TPSA) is 82.1 Å². The van der Waals surface area contributed by atoms with Gasteiger partial charge in [-0.05, 0) is 70.6 Å². The number of carboxylic acid groups (broad SMARTS) is 1. The van der Waals surface area contributed by atoms with Crippen molar-refractivity contribution in [3.8, 4) is 5.75 Å². The standard InChI is InChI=1S/C24H30F3N3O2.C2HF3O2/c1-16(2)32-23-7-4-17(12-22(23)27)14-28-24(31)30(20-8-10-29(3)11-9-20)15-18-5-6-19(25)13-21(18)26;3-2(4,5)1(6)7/h4-7,12-13,16,20H,8-11,14-15H2,1-3H3,(H,28,31);(H,6,7). The molecule has 0 aliphatic carbocycles. The van der Waals surface area contributed by atoms with Crippen molar-refractivity contribution in [1.82, 2.24) is 15.1 Å². The molecule has 0 aromatic heterocycles. The highest BCUT2D eigenvalue weighted by atomic mass is 19.4. The fourth-order valence-electron chi connectivity index (χ4n) is 3.79. The van der Waals surface area contributed by atoms with Gasteiger partial charge in [-0.2, -0.15) is 13.2 Å². The van der Waals surface area contributed by atoms with Gasteiger partial charge in [-0.25, -0.2) is 22.8 Å². The summed E-state index contributed by atoms with van der Waals surface area (Å²) in [6, 6.07) is 7.50. The quantitative estimate of drug-likeness (QED) is 0.445. The molecule has 0 unspecified atom stereocenters. The van der Waals surface area contributed by atoms with E-state index in [0.717, 1.165) is 32.0 Å². The van der Waals surface area contributed by atoms with Gasteiger partial charge in [0.25, 0.3) is 0 Å². The van der Waals surface area contributed by atoms with Crippen molar-refractivity contribution in [2.24, 2.45) is 0 Å². The van der Waals surface area contributed by atoms with Gasteiger partial charge in [0.1, 0.15) is 11.6 Å². The fourth-order valence-corrected chi connectivity index (χ4v) is 3.79. The fraction of sp³-hybridized carbons (Fsp3) is 0.462. The second-order valence-electron chi connectivity index (χ2n) is 9.29. The van der Waals surface area contributed by atoms with Crippen LogP contribution >= 0.6 is 0 Å². The first-order valence-electron chi connectivity index (χ1n) is 12.1. The molecule has 1 fully saturated rings. The Bertz CT molecular complexity index is 1120. The Morgan fingerprint density at radius 1 is 1.08 bits per heavy atom. The van der Waals surface area contributed by atoms with Crippen molar-refractivity contribution in [2.75, 3.05) is 20.1 Å². The van der Waals surface area contributed by atoms with E-state index < -0.39 is 29.6 Å². The lowest BCUT2D eigenvalue weighted by atomic mass is 10.0. The molecule has 2 amide bonds. The Morgan fingerprint density at radius 3 is 2.21 bits per heavy atom. The normalized spacial score (nSPS) is 14.4. The molecule has 2 aromatic carbocycles. The summed E-state index contributed by atoms with van der Waals surface area (Å²) in [4.78, 5) is 25.7. The van der Waals surface area contributed by atoms with Crippen molar-refractivity contribution in [2.45, 2.75) is 58.1 Å². The van der Waals surface area contributed by atoms with E-state index in [0.29, 0.717) is 5.56 Å². The van der Waals surface area contributed by atoms with E-state index in [1.165, 1.54) is 18.2 Å². The van der Waals surface area contributed by atoms with Gasteiger partial charge in [0.2, 0.25) is 0 Å². The summed E-state index contributed by atoms with van der Waals surface area (Å²) >= 11 is 0. The van der Waals surface area contributed by atoms with Crippen molar-refractivity contribution in [3.63, 3.8) is 0 Å². The van der Waals surface area contributed by atoms with Crippen LogP contribution in [-0.4, -0.2) is 65.4 Å². The Hall–Kier alpha value is -3.48. The highest BCUT2D eigenvalue weighted by molar-refractivity contribution is 5.74. The van der Waals surface area contributed by atoms with Gasteiger partial charge < -0.3 is 25.0 Å². The minimum absolute atomic E-state index is 0.0296. The number of rotatable bonds is 7. The number of hydrogen-bond donors (Lipinski definition) is 2. The van der Waals surface area contributed by atoms with Crippen molar-refractivity contribution in [3.05, 3.63) is 65.0 Å². The number of piperidine rings is 1. The van der Waals surface area contributed by atoms with Gasteiger partial charge in [0.05, 0.1) is 12.6 Å². The molecule has 0 bridgehead atoms. The number of nitrogens with one attached hydrogen (secondary N) is 1. The van der Waals surface area contributed by atoms with Crippen LogP contribution in [0.5, 0.6) is 5.75 Å². The van der Waals surface area contributed by atoms with Crippen LogP contribution in [-0.2, 0) is 17.9 Å². The maximum atomic E-state index is 14.3. The molecule has 216 valence electrons. The summed E-state index contributed by atoms with van der Waals surface area (Å²) in [5.41, 5.74) is 0.838. The van der Waals surface area contributed by atoms with E-state index >= 15 is 0 Å². The first-order valence-corrected chi connectivity index (χ1v) is 12.1. The van der Waals surface area contributed by atoms with Gasteiger partial charge in [0.15, 0.2) is 11.6 Å². The number of aliphatic carboxylic acids is 1. The molecule has 1 aliphatic heterocycles. The number of nitrogens with zero attached hydrogens (tertiary/aromatic N) is 2. The number of hydrogen-bond acceptors (Lipinski definition) is 4. The van der Waals surface area contributed by atoms with Gasteiger partial charge in [-0.3, -0.25) is 0 Å². The highest BCUT2D eigenvalue weighted by Gasteiger charge is 2.38.